The van der Waals surface area contributed by atoms with E-state index in [0.29, 0.717) is 30.2 Å². The number of aromatic nitrogens is 1. The highest BCUT2D eigenvalue weighted by Crippen LogP contribution is 2.21. The molecule has 3 heterocycles. The maximum absolute atomic E-state index is 12.4. The molecule has 3 amide bonds. The fourth-order valence-corrected chi connectivity index (χ4v) is 4.27. The summed E-state index contributed by atoms with van der Waals surface area (Å²) in [5.74, 6) is -0.612. The number of hydrogen-bond donors (Lipinski definition) is 3. The molecule has 31 heavy (non-hydrogen) atoms. The molecule has 4 rings (SSSR count). The Bertz CT molecular complexity index is 930. The second-order valence-corrected chi connectivity index (χ2v) is 8.40. The molecular formula is C21H25N5O4S. The number of carbonyl (C=O) groups excluding carboxylic acids is 3. The lowest BCUT2D eigenvalue weighted by Crippen LogP contribution is -2.40. The maximum Gasteiger partial charge on any atom is 0.231 e. The molecule has 2 aliphatic heterocycles. The number of morpholine rings is 1. The van der Waals surface area contributed by atoms with Crippen molar-refractivity contribution < 1.29 is 19.1 Å². The van der Waals surface area contributed by atoms with Crippen molar-refractivity contribution in [1.29, 1.82) is 0 Å². The van der Waals surface area contributed by atoms with E-state index in [4.69, 9.17) is 4.74 Å². The van der Waals surface area contributed by atoms with Crippen LogP contribution in [0.15, 0.2) is 29.6 Å². The Morgan fingerprint density at radius 2 is 1.97 bits per heavy atom. The predicted octanol–water partition coefficient (Wildman–Crippen LogP) is 1.63. The van der Waals surface area contributed by atoms with Crippen LogP contribution in [0.2, 0.25) is 0 Å². The SMILES string of the molecule is O=C1CCC(C(=O)Nc2nc(CC(=O)Nc3ccc(N4CCOCC4)cc3)cs2)CN1. The number of benzene rings is 1. The Morgan fingerprint density at radius 1 is 1.19 bits per heavy atom. The third-order valence-electron chi connectivity index (χ3n) is 5.29. The van der Waals surface area contributed by atoms with Gasteiger partial charge in [0.2, 0.25) is 17.7 Å². The molecule has 1 atom stereocenters. The quantitative estimate of drug-likeness (QED) is 0.626. The van der Waals surface area contributed by atoms with E-state index < -0.39 is 0 Å². The first-order valence-electron chi connectivity index (χ1n) is 10.3. The first-order valence-corrected chi connectivity index (χ1v) is 11.2. The van der Waals surface area contributed by atoms with Crippen LogP contribution in [-0.2, 0) is 25.5 Å². The molecule has 3 N–H and O–H groups in total. The van der Waals surface area contributed by atoms with E-state index in [2.05, 4.69) is 25.8 Å². The van der Waals surface area contributed by atoms with Crippen molar-refractivity contribution in [3.05, 3.63) is 35.3 Å². The first-order chi connectivity index (χ1) is 15.1. The van der Waals surface area contributed by atoms with Crippen LogP contribution in [0.25, 0.3) is 0 Å². The number of amides is 3. The average molecular weight is 444 g/mol. The zero-order valence-electron chi connectivity index (χ0n) is 17.1. The lowest BCUT2D eigenvalue weighted by Gasteiger charge is -2.28. The Morgan fingerprint density at radius 3 is 2.68 bits per heavy atom. The molecule has 0 saturated carbocycles. The Labute approximate surface area is 184 Å². The summed E-state index contributed by atoms with van der Waals surface area (Å²) in [6.45, 7) is 3.53. The summed E-state index contributed by atoms with van der Waals surface area (Å²) in [6.07, 6.45) is 1.01. The third kappa shape index (κ3) is 5.80. The molecule has 2 fully saturated rings. The molecule has 10 heteroatoms. The van der Waals surface area contributed by atoms with Gasteiger partial charge in [0.1, 0.15) is 0 Å². The first kappa shape index (κ1) is 21.3. The van der Waals surface area contributed by atoms with Gasteiger partial charge < -0.3 is 25.6 Å². The van der Waals surface area contributed by atoms with Crippen molar-refractivity contribution in [1.82, 2.24) is 10.3 Å². The zero-order valence-corrected chi connectivity index (χ0v) is 17.9. The molecule has 0 spiro atoms. The van der Waals surface area contributed by atoms with Gasteiger partial charge in [-0.3, -0.25) is 14.4 Å². The van der Waals surface area contributed by atoms with Crippen molar-refractivity contribution in [3.63, 3.8) is 0 Å². The smallest absolute Gasteiger partial charge is 0.231 e. The van der Waals surface area contributed by atoms with E-state index in [-0.39, 0.29) is 30.1 Å². The molecule has 1 aromatic heterocycles. The van der Waals surface area contributed by atoms with Gasteiger partial charge in [-0.25, -0.2) is 4.98 Å². The van der Waals surface area contributed by atoms with Crippen molar-refractivity contribution in [2.45, 2.75) is 19.3 Å². The lowest BCUT2D eigenvalue weighted by atomic mass is 9.98. The molecule has 1 aromatic carbocycles. The molecule has 9 nitrogen and oxygen atoms in total. The highest BCUT2D eigenvalue weighted by Gasteiger charge is 2.25. The number of nitrogens with zero attached hydrogens (tertiary/aromatic N) is 2. The average Bonchev–Trinajstić information content (AvgIpc) is 3.21. The van der Waals surface area contributed by atoms with E-state index in [1.165, 1.54) is 11.3 Å². The molecular weight excluding hydrogens is 418 g/mol. The van der Waals surface area contributed by atoms with Crippen molar-refractivity contribution in [2.24, 2.45) is 5.92 Å². The van der Waals surface area contributed by atoms with Crippen LogP contribution in [0.3, 0.4) is 0 Å². The molecule has 0 bridgehead atoms. The van der Waals surface area contributed by atoms with Gasteiger partial charge in [0.15, 0.2) is 5.13 Å². The van der Waals surface area contributed by atoms with Gasteiger partial charge in [-0.1, -0.05) is 0 Å². The van der Waals surface area contributed by atoms with Crippen LogP contribution >= 0.6 is 11.3 Å². The largest absolute Gasteiger partial charge is 0.378 e. The number of ether oxygens (including phenoxy) is 1. The van der Waals surface area contributed by atoms with E-state index in [1.807, 2.05) is 24.3 Å². The summed E-state index contributed by atoms with van der Waals surface area (Å²) in [4.78, 5) is 42.5. The molecule has 2 aliphatic rings. The predicted molar refractivity (Wildman–Crippen MR) is 118 cm³/mol. The molecule has 1 unspecified atom stereocenters. The number of hydrogen-bond acceptors (Lipinski definition) is 7. The second kappa shape index (κ2) is 9.88. The van der Waals surface area contributed by atoms with E-state index in [1.54, 1.807) is 5.38 Å². The monoisotopic (exact) mass is 443 g/mol. The standard InChI is InChI=1S/C21H25N5O4S/c27-18-6-1-14(12-22-18)20(29)25-21-24-16(13-31-21)11-19(28)23-15-2-4-17(5-3-15)26-7-9-30-10-8-26/h2-5,13-14H,1,6-12H2,(H,22,27)(H,23,28)(H,24,25,29). The Hall–Kier alpha value is -2.98. The molecule has 2 saturated heterocycles. The van der Waals surface area contributed by atoms with Crippen LogP contribution in [0.5, 0.6) is 0 Å². The minimum Gasteiger partial charge on any atom is -0.378 e. The zero-order chi connectivity index (χ0) is 21.6. The minimum absolute atomic E-state index is 0.0256. The summed E-state index contributed by atoms with van der Waals surface area (Å²) in [5, 5.41) is 10.6. The molecule has 0 radical (unpaired) electrons. The van der Waals surface area contributed by atoms with Gasteiger partial charge in [0.05, 0.1) is 31.2 Å². The van der Waals surface area contributed by atoms with Crippen molar-refractivity contribution in [3.8, 4) is 0 Å². The van der Waals surface area contributed by atoms with Crippen LogP contribution in [0, 0.1) is 5.92 Å². The fraction of sp³-hybridized carbons (Fsp3) is 0.429. The van der Waals surface area contributed by atoms with Gasteiger partial charge in [-0.15, -0.1) is 11.3 Å². The van der Waals surface area contributed by atoms with Crippen molar-refractivity contribution >= 4 is 45.6 Å². The summed E-state index contributed by atoms with van der Waals surface area (Å²) >= 11 is 1.28. The van der Waals surface area contributed by atoms with E-state index in [9.17, 15) is 14.4 Å². The maximum atomic E-state index is 12.4. The number of piperidine rings is 1. The van der Waals surface area contributed by atoms with Gasteiger partial charge >= 0.3 is 0 Å². The number of carbonyl (C=O) groups is 3. The number of anilines is 3. The second-order valence-electron chi connectivity index (χ2n) is 7.54. The van der Waals surface area contributed by atoms with Gasteiger partial charge in [0, 0.05) is 42.8 Å². The molecule has 164 valence electrons. The van der Waals surface area contributed by atoms with Crippen LogP contribution < -0.4 is 20.9 Å². The van der Waals surface area contributed by atoms with Crippen LogP contribution in [-0.4, -0.2) is 55.6 Å². The summed E-state index contributed by atoms with van der Waals surface area (Å²) in [7, 11) is 0. The number of thiazole rings is 1. The lowest BCUT2D eigenvalue weighted by molar-refractivity contribution is -0.126. The number of rotatable bonds is 6. The topological polar surface area (TPSA) is 113 Å². The van der Waals surface area contributed by atoms with Crippen molar-refractivity contribution in [2.75, 3.05) is 48.4 Å². The third-order valence-corrected chi connectivity index (χ3v) is 6.09. The summed E-state index contributed by atoms with van der Waals surface area (Å²) in [6, 6.07) is 7.76. The van der Waals surface area contributed by atoms with Gasteiger partial charge in [-0.2, -0.15) is 0 Å². The fourth-order valence-electron chi connectivity index (χ4n) is 3.56. The summed E-state index contributed by atoms with van der Waals surface area (Å²) < 4.78 is 5.37. The number of nitrogens with one attached hydrogen (secondary N) is 3. The van der Waals surface area contributed by atoms with Gasteiger partial charge in [-0.05, 0) is 30.7 Å². The summed E-state index contributed by atoms with van der Waals surface area (Å²) in [5.41, 5.74) is 2.43. The van der Waals surface area contributed by atoms with Crippen LogP contribution in [0.4, 0.5) is 16.5 Å². The van der Waals surface area contributed by atoms with E-state index >= 15 is 0 Å². The van der Waals surface area contributed by atoms with Crippen LogP contribution in [0.1, 0.15) is 18.5 Å². The highest BCUT2D eigenvalue weighted by atomic mass is 32.1. The minimum atomic E-state index is -0.256. The highest BCUT2D eigenvalue weighted by molar-refractivity contribution is 7.13. The van der Waals surface area contributed by atoms with Gasteiger partial charge in [0.25, 0.3) is 0 Å². The molecule has 0 aliphatic carbocycles. The molecule has 2 aromatic rings. The van der Waals surface area contributed by atoms with E-state index in [0.717, 1.165) is 37.7 Å². The Kier molecular flexibility index (Phi) is 6.78. The normalized spacial score (nSPS) is 18.9. The Balaban J connectivity index is 1.26.